The number of H-pyrrole nitrogens is 1. The van der Waals surface area contributed by atoms with Crippen molar-refractivity contribution in [1.29, 1.82) is 0 Å². The molecule has 0 amide bonds. The van der Waals surface area contributed by atoms with Crippen LogP contribution in [0.4, 0.5) is 0 Å². The Labute approximate surface area is 452 Å². The minimum atomic E-state index is -1.86. The monoisotopic (exact) mass is 1100 g/mol. The second-order valence-electron chi connectivity index (χ2n) is 23.3. The molecule has 21 atom stereocenters. The van der Waals surface area contributed by atoms with Crippen LogP contribution in [0.1, 0.15) is 139 Å². The number of methoxy groups -OCH3 is 1. The summed E-state index contributed by atoms with van der Waals surface area (Å²) >= 11 is 0. The highest BCUT2D eigenvalue weighted by Crippen LogP contribution is 2.41. The fraction of sp³-hybridized carbons (Fsp3) is 0.887. The molecule has 4 aliphatic rings. The molecule has 4 aliphatic heterocycles. The minimum absolute atomic E-state index is 0.0744. The average molecular weight is 1100 g/mol. The van der Waals surface area contributed by atoms with Gasteiger partial charge in [-0.05, 0) is 120 Å². The first-order valence-corrected chi connectivity index (χ1v) is 27.4. The number of cyclic esters (lactones) is 1. The fourth-order valence-corrected chi connectivity index (χ4v) is 11.9. The zero-order valence-electron chi connectivity index (χ0n) is 47.8. The van der Waals surface area contributed by atoms with Gasteiger partial charge in [0.15, 0.2) is 12.6 Å². The highest BCUT2D eigenvalue weighted by atomic mass is 16.7. The number of azide groups is 1. The molecule has 1 aromatic rings. The molecule has 77 heavy (non-hydrogen) atoms. The van der Waals surface area contributed by atoms with E-state index in [1.54, 1.807) is 55.4 Å². The predicted octanol–water partition coefficient (Wildman–Crippen LogP) is 3.20. The maximum absolute atomic E-state index is 14.5. The SMILES string of the molecule is CC[C@H]1OC(=O)[C@H](C)[C@@H](O[C@H]2C[C@@](C)(OC)[C@@H](O)[C@H](C)O2)[C@H](C)[C@@H](O[C@@H]2O[C@H](C)CC(N(C)CCCCCC(=O)OC[C@H]3O[C@@H](n4cc(C)c(=O)[nH]c4=O)C[C@H]3N=[N+]=[N-])[C@H]2O)[C@](C)(O)C[C@@H](C)CN(C)[C@H](C)[C@@H](O)[C@]1(C)O. The lowest BCUT2D eigenvalue weighted by Crippen LogP contribution is -2.60. The first-order chi connectivity index (χ1) is 36.0. The van der Waals surface area contributed by atoms with Crippen molar-refractivity contribution in [1.82, 2.24) is 19.4 Å². The van der Waals surface area contributed by atoms with Gasteiger partial charge in [-0.15, -0.1) is 0 Å². The Morgan fingerprint density at radius 2 is 1.66 bits per heavy atom. The first-order valence-electron chi connectivity index (χ1n) is 27.4. The van der Waals surface area contributed by atoms with Gasteiger partial charge in [0, 0.05) is 67.6 Å². The number of unbranched alkanes of at least 4 members (excludes halogenated alkanes) is 2. The van der Waals surface area contributed by atoms with Gasteiger partial charge < -0.3 is 73.2 Å². The van der Waals surface area contributed by atoms with E-state index in [0.29, 0.717) is 44.3 Å². The highest BCUT2D eigenvalue weighted by Gasteiger charge is 2.53. The van der Waals surface area contributed by atoms with E-state index in [2.05, 4.69) is 15.0 Å². The van der Waals surface area contributed by atoms with Crippen LogP contribution in [0.15, 0.2) is 20.9 Å². The molecule has 0 aliphatic carbocycles. The van der Waals surface area contributed by atoms with Crippen molar-refractivity contribution >= 4 is 11.9 Å². The third kappa shape index (κ3) is 15.7. The Bertz CT molecular complexity index is 2260. The standard InChI is InChI=1S/C53H91N7O17/c1-15-38-53(11,69)44(63)33(7)59(13)25-28(2)23-51(9,68)46(31(5)43(32(6)48(66)75-38)76-41-24-52(10,70-14)45(64)34(8)73-41)77-49-42(62)36(21-30(4)72-49)58(12)20-18-16-17-19-40(61)71-27-37-35(56-57-54)22-39(74-37)60-26-29(3)47(65)55-50(60)67/h26,28,30-39,41-46,49,62-64,68-69H,15-25,27H2,1-14H3,(H,55,65,67)/t28-,30-,31+,32-,33-,34+,35-,36?,37-,38-,39-,41+,42-,43+,44-,45+,46-,49+,51-,52-,53-/m1/s1. The maximum atomic E-state index is 14.5. The summed E-state index contributed by atoms with van der Waals surface area (Å²) in [6.07, 6.45) is -7.74. The number of carbonyl (C=O) groups excluding carboxylic acids is 2. The van der Waals surface area contributed by atoms with Crippen LogP contribution >= 0.6 is 0 Å². The summed E-state index contributed by atoms with van der Waals surface area (Å²) in [6.45, 7) is 19.6. The lowest BCUT2D eigenvalue weighted by molar-refractivity contribution is -0.318. The number of aliphatic hydroxyl groups excluding tert-OH is 3. The van der Waals surface area contributed by atoms with Crippen LogP contribution in [0.5, 0.6) is 0 Å². The number of hydrogen-bond acceptors (Lipinski definition) is 20. The Morgan fingerprint density at radius 1 is 0.974 bits per heavy atom. The number of aromatic amines is 1. The van der Waals surface area contributed by atoms with Gasteiger partial charge in [-0.2, -0.15) is 0 Å². The third-order valence-electron chi connectivity index (χ3n) is 16.8. The number of carbonyl (C=O) groups is 2. The van der Waals surface area contributed by atoms with E-state index < -0.39 is 144 Å². The number of rotatable bonds is 17. The summed E-state index contributed by atoms with van der Waals surface area (Å²) in [5, 5.41) is 63.4. The largest absolute Gasteiger partial charge is 0.463 e. The predicted molar refractivity (Wildman–Crippen MR) is 280 cm³/mol. The zero-order valence-corrected chi connectivity index (χ0v) is 47.8. The Balaban J connectivity index is 1.30. The molecule has 1 unspecified atom stereocenters. The van der Waals surface area contributed by atoms with Crippen molar-refractivity contribution in [3.63, 3.8) is 0 Å². The summed E-state index contributed by atoms with van der Waals surface area (Å²) in [5.74, 6) is -3.39. The molecule has 0 bridgehead atoms. The minimum Gasteiger partial charge on any atom is -0.463 e. The van der Waals surface area contributed by atoms with Crippen molar-refractivity contribution in [2.75, 3.05) is 40.9 Å². The molecule has 0 radical (unpaired) electrons. The Hall–Kier alpha value is -3.59. The van der Waals surface area contributed by atoms with Crippen molar-refractivity contribution in [3.05, 3.63) is 43.0 Å². The quantitative estimate of drug-likeness (QED) is 0.0429. The summed E-state index contributed by atoms with van der Waals surface area (Å²) < 4.78 is 50.9. The smallest absolute Gasteiger partial charge is 0.330 e. The number of aliphatic hydroxyl groups is 5. The molecule has 6 N–H and O–H groups in total. The van der Waals surface area contributed by atoms with Crippen LogP contribution < -0.4 is 11.2 Å². The highest BCUT2D eigenvalue weighted by molar-refractivity contribution is 5.73. The van der Waals surface area contributed by atoms with Crippen molar-refractivity contribution < 1.29 is 73.0 Å². The van der Waals surface area contributed by atoms with Gasteiger partial charge in [0.25, 0.3) is 5.56 Å². The molecule has 24 nitrogen and oxygen atoms in total. The Kier molecular flexibility index (Phi) is 22.7. The molecule has 0 saturated carbocycles. The van der Waals surface area contributed by atoms with Gasteiger partial charge in [0.05, 0.1) is 47.6 Å². The molecule has 0 spiro atoms. The topological polar surface area (TPSA) is 319 Å². The number of aryl methyl sites for hydroxylation is 1. The summed E-state index contributed by atoms with van der Waals surface area (Å²) in [4.78, 5) is 60.8. The van der Waals surface area contributed by atoms with E-state index in [1.807, 2.05) is 37.7 Å². The normalized spacial score (nSPS) is 41.0. The van der Waals surface area contributed by atoms with Crippen LogP contribution in [-0.2, 0) is 47.5 Å². The average Bonchev–Trinajstić information content (AvgIpc) is 3.77. The van der Waals surface area contributed by atoms with Crippen molar-refractivity contribution in [2.45, 2.75) is 243 Å². The van der Waals surface area contributed by atoms with Gasteiger partial charge in [-0.25, -0.2) is 4.79 Å². The van der Waals surface area contributed by atoms with E-state index in [0.717, 1.165) is 0 Å². The summed E-state index contributed by atoms with van der Waals surface area (Å²) in [7, 11) is 5.19. The van der Waals surface area contributed by atoms with Gasteiger partial charge in [-0.3, -0.25) is 23.9 Å². The Morgan fingerprint density at radius 3 is 2.31 bits per heavy atom. The molecule has 4 saturated heterocycles. The van der Waals surface area contributed by atoms with Crippen LogP contribution in [0.2, 0.25) is 0 Å². The molecule has 5 heterocycles. The van der Waals surface area contributed by atoms with Gasteiger partial charge in [0.2, 0.25) is 0 Å². The number of nitrogens with zero attached hydrogens (tertiary/aromatic N) is 6. The molecule has 0 aromatic carbocycles. The molecule has 4 fully saturated rings. The molecule has 440 valence electrons. The zero-order chi connectivity index (χ0) is 57.5. The number of nitrogens with one attached hydrogen (secondary N) is 1. The number of aromatic nitrogens is 2. The maximum Gasteiger partial charge on any atom is 0.330 e. The lowest BCUT2D eigenvalue weighted by Gasteiger charge is -2.49. The van der Waals surface area contributed by atoms with E-state index >= 15 is 0 Å². The lowest BCUT2D eigenvalue weighted by atomic mass is 9.77. The molecule has 1 aromatic heterocycles. The number of hydrogen-bond donors (Lipinski definition) is 6. The van der Waals surface area contributed by atoms with Crippen LogP contribution in [0.25, 0.3) is 10.4 Å². The fourth-order valence-electron chi connectivity index (χ4n) is 11.9. The first kappa shape index (κ1) is 64.2. The third-order valence-corrected chi connectivity index (χ3v) is 16.8. The summed E-state index contributed by atoms with van der Waals surface area (Å²) in [5.41, 5.74) is 3.64. The molecule has 24 heteroatoms. The summed E-state index contributed by atoms with van der Waals surface area (Å²) in [6, 6.07) is -1.78. The van der Waals surface area contributed by atoms with Crippen molar-refractivity contribution in [3.8, 4) is 0 Å². The van der Waals surface area contributed by atoms with E-state index in [4.69, 9.17) is 43.4 Å². The molecular formula is C53H91N7O17. The van der Waals surface area contributed by atoms with Crippen molar-refractivity contribution in [2.24, 2.45) is 22.9 Å². The number of esters is 2. The van der Waals surface area contributed by atoms with E-state index in [-0.39, 0.29) is 44.6 Å². The number of ether oxygens (including phenoxy) is 8. The van der Waals surface area contributed by atoms with Gasteiger partial charge >= 0.3 is 17.6 Å². The van der Waals surface area contributed by atoms with Gasteiger partial charge in [-0.1, -0.05) is 32.3 Å². The second kappa shape index (κ2) is 27.2. The second-order valence-corrected chi connectivity index (χ2v) is 23.3. The van der Waals surface area contributed by atoms with E-state index in [1.165, 1.54) is 24.8 Å². The van der Waals surface area contributed by atoms with Crippen LogP contribution in [-0.4, -0.2) is 200 Å². The molecule has 5 rings (SSSR count). The van der Waals surface area contributed by atoms with Crippen LogP contribution in [0.3, 0.4) is 0 Å². The van der Waals surface area contributed by atoms with Crippen LogP contribution in [0, 0.1) is 24.7 Å². The van der Waals surface area contributed by atoms with E-state index in [9.17, 15) is 44.7 Å². The number of likely N-dealkylation sites (N-methyl/N-ethyl adjacent to an activating group) is 2. The molecular weight excluding hydrogens is 1010 g/mol. The van der Waals surface area contributed by atoms with Gasteiger partial charge in [0.1, 0.15) is 49.0 Å².